The van der Waals surface area contributed by atoms with Crippen molar-refractivity contribution in [1.82, 2.24) is 4.90 Å². The molecule has 0 spiro atoms. The minimum absolute atomic E-state index is 0.249. The van der Waals surface area contributed by atoms with Crippen LogP contribution in [0.4, 0.5) is 0 Å². The average Bonchev–Trinajstić information content (AvgIpc) is 2.51. The third-order valence-corrected chi connectivity index (χ3v) is 3.64. The molecule has 21 heavy (non-hydrogen) atoms. The molecule has 6 heteroatoms. The van der Waals surface area contributed by atoms with Crippen LogP contribution in [-0.4, -0.2) is 42.7 Å². The first-order chi connectivity index (χ1) is 9.99. The molecule has 1 atom stereocenters. The first kappa shape index (κ1) is 17.1. The van der Waals surface area contributed by atoms with Crippen molar-refractivity contribution < 1.29 is 14.3 Å². The lowest BCUT2D eigenvalue weighted by Gasteiger charge is -2.20. The van der Waals surface area contributed by atoms with Crippen molar-refractivity contribution in [3.8, 4) is 6.07 Å². The van der Waals surface area contributed by atoms with Crippen LogP contribution < -0.4 is 0 Å². The van der Waals surface area contributed by atoms with Gasteiger partial charge in [0.15, 0.2) is 6.10 Å². The number of ether oxygens (including phenoxy) is 1. The van der Waals surface area contributed by atoms with Crippen LogP contribution in [0.3, 0.4) is 0 Å². The molecule has 0 heterocycles. The number of amides is 1. The van der Waals surface area contributed by atoms with Gasteiger partial charge in [0.1, 0.15) is 0 Å². The van der Waals surface area contributed by atoms with Crippen LogP contribution in [0.1, 0.15) is 23.7 Å². The highest BCUT2D eigenvalue weighted by atomic mass is 32.2. The molecule has 1 rings (SSSR count). The Bertz CT molecular complexity index is 537. The summed E-state index contributed by atoms with van der Waals surface area (Å²) < 4.78 is 5.15. The van der Waals surface area contributed by atoms with E-state index in [4.69, 9.17) is 10.00 Å². The summed E-state index contributed by atoms with van der Waals surface area (Å²) in [6.45, 7) is 1.85. The molecule has 0 radical (unpaired) electrons. The molecule has 0 bridgehead atoms. The Hall–Kier alpha value is -2.00. The lowest BCUT2D eigenvalue weighted by molar-refractivity contribution is -0.138. The summed E-state index contributed by atoms with van der Waals surface area (Å²) in [5, 5.41) is 8.50. The Morgan fingerprint density at radius 3 is 2.52 bits per heavy atom. The number of hydrogen-bond donors (Lipinski definition) is 0. The van der Waals surface area contributed by atoms with Gasteiger partial charge in [-0.1, -0.05) is 0 Å². The van der Waals surface area contributed by atoms with Crippen molar-refractivity contribution in [2.75, 3.05) is 19.8 Å². The van der Waals surface area contributed by atoms with E-state index in [2.05, 4.69) is 0 Å². The number of thioether (sulfide) groups is 1. The fraction of sp³-hybridized carbons (Fsp3) is 0.400. The van der Waals surface area contributed by atoms with Crippen molar-refractivity contribution >= 4 is 23.6 Å². The number of esters is 1. The van der Waals surface area contributed by atoms with E-state index in [1.54, 1.807) is 30.9 Å². The largest absolute Gasteiger partial charge is 0.449 e. The lowest BCUT2D eigenvalue weighted by Crippen LogP contribution is -2.37. The van der Waals surface area contributed by atoms with Gasteiger partial charge in [-0.2, -0.15) is 5.26 Å². The van der Waals surface area contributed by atoms with Crippen LogP contribution in [0.5, 0.6) is 0 Å². The molecular formula is C15H18N2O3S. The number of likely N-dealkylation sites (N-methyl/N-ethyl adjacent to an activating group) is 1. The average molecular weight is 306 g/mol. The fourth-order valence-corrected chi connectivity index (χ4v) is 2.05. The number of rotatable bonds is 6. The summed E-state index contributed by atoms with van der Waals surface area (Å²) in [5.41, 5.74) is 0.409. The second kappa shape index (κ2) is 8.32. The Kier molecular flexibility index (Phi) is 6.76. The van der Waals surface area contributed by atoms with E-state index in [1.165, 1.54) is 11.8 Å². The molecule has 0 aliphatic heterocycles. The van der Waals surface area contributed by atoms with E-state index < -0.39 is 12.1 Å². The van der Waals surface area contributed by atoms with E-state index in [-0.39, 0.29) is 12.3 Å². The number of carbonyl (C=O) groups excluding carboxylic acids is 2. The van der Waals surface area contributed by atoms with Crippen LogP contribution in [0.15, 0.2) is 29.2 Å². The molecule has 1 aromatic carbocycles. The van der Waals surface area contributed by atoms with Gasteiger partial charge in [-0.05, 0) is 37.4 Å². The fourth-order valence-electron chi connectivity index (χ4n) is 1.64. The Balaban J connectivity index is 2.60. The first-order valence-electron chi connectivity index (χ1n) is 6.46. The number of nitrogens with zero attached hydrogens (tertiary/aromatic N) is 2. The molecule has 0 unspecified atom stereocenters. The number of carbonyl (C=O) groups is 2. The van der Waals surface area contributed by atoms with Crippen molar-refractivity contribution in [2.24, 2.45) is 0 Å². The monoisotopic (exact) mass is 306 g/mol. The summed E-state index contributed by atoms with van der Waals surface area (Å²) in [5.74, 6) is -0.850. The van der Waals surface area contributed by atoms with E-state index >= 15 is 0 Å². The van der Waals surface area contributed by atoms with Crippen molar-refractivity contribution in [2.45, 2.75) is 24.3 Å². The molecule has 0 aromatic heterocycles. The smallest absolute Gasteiger partial charge is 0.338 e. The van der Waals surface area contributed by atoms with Gasteiger partial charge < -0.3 is 9.64 Å². The minimum Gasteiger partial charge on any atom is -0.449 e. The number of nitriles is 1. The third-order valence-electron chi connectivity index (χ3n) is 2.89. The van der Waals surface area contributed by atoms with Crippen molar-refractivity contribution in [3.63, 3.8) is 0 Å². The third kappa shape index (κ3) is 5.12. The number of hydrogen-bond acceptors (Lipinski definition) is 5. The molecule has 0 aliphatic rings. The van der Waals surface area contributed by atoms with Gasteiger partial charge in [0.05, 0.1) is 18.1 Å². The minimum atomic E-state index is -0.874. The summed E-state index contributed by atoms with van der Waals surface area (Å²) in [7, 11) is 1.58. The van der Waals surface area contributed by atoms with Crippen LogP contribution in [-0.2, 0) is 9.53 Å². The zero-order chi connectivity index (χ0) is 15.8. The van der Waals surface area contributed by atoms with Crippen LogP contribution in [0, 0.1) is 11.3 Å². The standard InChI is InChI=1S/C15H18N2O3S/c1-11(14(18)17(2)10-4-9-16)20-15(19)12-5-7-13(21-3)8-6-12/h5-8,11H,4,10H2,1-3H3/t11-/m0/s1. The van der Waals surface area contributed by atoms with E-state index in [0.717, 1.165) is 4.90 Å². The molecule has 0 fully saturated rings. The predicted octanol–water partition coefficient (Wildman–Crippen LogP) is 2.33. The first-order valence-corrected chi connectivity index (χ1v) is 7.69. The van der Waals surface area contributed by atoms with Gasteiger partial charge in [-0.3, -0.25) is 4.79 Å². The summed E-state index contributed by atoms with van der Waals surface area (Å²) in [6, 6.07) is 8.96. The van der Waals surface area contributed by atoms with Gasteiger partial charge in [0.25, 0.3) is 5.91 Å². The zero-order valence-electron chi connectivity index (χ0n) is 12.3. The molecule has 0 saturated carbocycles. The van der Waals surface area contributed by atoms with E-state index in [9.17, 15) is 9.59 Å². The highest BCUT2D eigenvalue weighted by Crippen LogP contribution is 2.15. The molecule has 1 aromatic rings. The Morgan fingerprint density at radius 1 is 1.38 bits per heavy atom. The molecule has 112 valence electrons. The van der Waals surface area contributed by atoms with Crippen LogP contribution in [0.25, 0.3) is 0 Å². The molecule has 0 N–H and O–H groups in total. The topological polar surface area (TPSA) is 70.4 Å². The van der Waals surface area contributed by atoms with Gasteiger partial charge in [-0.25, -0.2) is 4.79 Å². The molecule has 0 aliphatic carbocycles. The van der Waals surface area contributed by atoms with Gasteiger partial charge >= 0.3 is 5.97 Å². The summed E-state index contributed by atoms with van der Waals surface area (Å²) >= 11 is 1.58. The maximum atomic E-state index is 12.0. The van der Waals surface area contributed by atoms with Gasteiger partial charge in [-0.15, -0.1) is 11.8 Å². The second-order valence-electron chi connectivity index (χ2n) is 4.44. The van der Waals surface area contributed by atoms with Gasteiger partial charge in [0.2, 0.25) is 0 Å². The van der Waals surface area contributed by atoms with Gasteiger partial charge in [0, 0.05) is 18.5 Å². The SMILES string of the molecule is CSc1ccc(C(=O)O[C@@H](C)C(=O)N(C)CCC#N)cc1. The predicted molar refractivity (Wildman–Crippen MR) is 81.0 cm³/mol. The van der Waals surface area contributed by atoms with E-state index in [0.29, 0.717) is 12.1 Å². The summed E-state index contributed by atoms with van der Waals surface area (Å²) in [4.78, 5) is 26.3. The highest BCUT2D eigenvalue weighted by Gasteiger charge is 2.21. The van der Waals surface area contributed by atoms with Crippen LogP contribution in [0.2, 0.25) is 0 Å². The Morgan fingerprint density at radius 2 is 2.00 bits per heavy atom. The maximum absolute atomic E-state index is 12.0. The quantitative estimate of drug-likeness (QED) is 0.596. The lowest BCUT2D eigenvalue weighted by atomic mass is 10.2. The van der Waals surface area contributed by atoms with Crippen molar-refractivity contribution in [1.29, 1.82) is 5.26 Å². The second-order valence-corrected chi connectivity index (χ2v) is 5.32. The summed E-state index contributed by atoms with van der Waals surface area (Å²) in [6.07, 6.45) is 1.32. The van der Waals surface area contributed by atoms with Crippen LogP contribution >= 0.6 is 11.8 Å². The maximum Gasteiger partial charge on any atom is 0.338 e. The molecule has 1 amide bonds. The van der Waals surface area contributed by atoms with Crippen molar-refractivity contribution in [3.05, 3.63) is 29.8 Å². The Labute approximate surface area is 128 Å². The zero-order valence-corrected chi connectivity index (χ0v) is 13.1. The normalized spacial score (nSPS) is 11.3. The number of benzene rings is 1. The molecule has 5 nitrogen and oxygen atoms in total. The molecule has 0 saturated heterocycles. The highest BCUT2D eigenvalue weighted by molar-refractivity contribution is 7.98. The van der Waals surface area contributed by atoms with E-state index in [1.807, 2.05) is 24.5 Å². The molecular weight excluding hydrogens is 288 g/mol.